The Balaban J connectivity index is 1.47. The van der Waals surface area contributed by atoms with Crippen LogP contribution in [0.3, 0.4) is 0 Å². The standard InChI is InChI=1S/C11H22N2O2/c1(4-13-5-8-14-9-6-13)7-15-11-2-3-12-10-11/h11-12H,1-10H2/t11-/m1/s1. The summed E-state index contributed by atoms with van der Waals surface area (Å²) in [5.74, 6) is 0. The zero-order valence-electron chi connectivity index (χ0n) is 9.41. The van der Waals surface area contributed by atoms with E-state index >= 15 is 0 Å². The summed E-state index contributed by atoms with van der Waals surface area (Å²) in [4.78, 5) is 2.46. The molecule has 2 aliphatic heterocycles. The number of nitrogens with one attached hydrogen (secondary N) is 1. The van der Waals surface area contributed by atoms with Gasteiger partial charge in [0.05, 0.1) is 19.3 Å². The molecule has 0 spiro atoms. The van der Waals surface area contributed by atoms with E-state index in [-0.39, 0.29) is 0 Å². The SMILES string of the molecule is C(CO[C@@H]1CCNC1)CN1CCOCC1. The van der Waals surface area contributed by atoms with Crippen molar-refractivity contribution < 1.29 is 9.47 Å². The predicted octanol–water partition coefficient (Wildman–Crippen LogP) is 0.0872. The Morgan fingerprint density at radius 2 is 2.20 bits per heavy atom. The summed E-state index contributed by atoms with van der Waals surface area (Å²) in [5.41, 5.74) is 0. The van der Waals surface area contributed by atoms with Crippen molar-refractivity contribution in [2.75, 3.05) is 52.5 Å². The molecular formula is C11H22N2O2. The second-order valence-corrected chi connectivity index (χ2v) is 4.29. The Hall–Kier alpha value is -0.160. The number of hydrogen-bond donors (Lipinski definition) is 1. The van der Waals surface area contributed by atoms with Crippen molar-refractivity contribution in [3.05, 3.63) is 0 Å². The number of nitrogens with zero attached hydrogens (tertiary/aromatic N) is 1. The third-order valence-corrected chi connectivity index (χ3v) is 3.09. The van der Waals surface area contributed by atoms with Gasteiger partial charge in [0.1, 0.15) is 0 Å². The van der Waals surface area contributed by atoms with Gasteiger partial charge in [0.15, 0.2) is 0 Å². The van der Waals surface area contributed by atoms with Gasteiger partial charge in [-0.2, -0.15) is 0 Å². The molecule has 0 saturated carbocycles. The molecule has 2 fully saturated rings. The van der Waals surface area contributed by atoms with Crippen LogP contribution in [0.2, 0.25) is 0 Å². The fraction of sp³-hybridized carbons (Fsp3) is 1.00. The van der Waals surface area contributed by atoms with Gasteiger partial charge >= 0.3 is 0 Å². The van der Waals surface area contributed by atoms with Crippen LogP contribution in [0.15, 0.2) is 0 Å². The molecule has 1 atom stereocenters. The average Bonchev–Trinajstić information content (AvgIpc) is 2.79. The summed E-state index contributed by atoms with van der Waals surface area (Å²) in [6.07, 6.45) is 2.79. The maximum atomic E-state index is 5.77. The summed E-state index contributed by atoms with van der Waals surface area (Å²) >= 11 is 0. The average molecular weight is 214 g/mol. The van der Waals surface area contributed by atoms with Crippen LogP contribution in [0.4, 0.5) is 0 Å². The summed E-state index contributed by atoms with van der Waals surface area (Å²) in [6.45, 7) is 8.19. The Kier molecular flexibility index (Phi) is 4.86. The molecule has 0 aromatic rings. The van der Waals surface area contributed by atoms with Crippen molar-refractivity contribution in [1.29, 1.82) is 0 Å². The van der Waals surface area contributed by atoms with Crippen LogP contribution in [-0.4, -0.2) is 63.5 Å². The van der Waals surface area contributed by atoms with Crippen LogP contribution in [0.5, 0.6) is 0 Å². The number of morpholine rings is 1. The molecule has 0 unspecified atom stereocenters. The van der Waals surface area contributed by atoms with Gasteiger partial charge in [-0.25, -0.2) is 0 Å². The van der Waals surface area contributed by atoms with E-state index in [2.05, 4.69) is 10.2 Å². The smallest absolute Gasteiger partial charge is 0.0711 e. The molecule has 15 heavy (non-hydrogen) atoms. The van der Waals surface area contributed by atoms with Gasteiger partial charge in [-0.15, -0.1) is 0 Å². The highest BCUT2D eigenvalue weighted by Crippen LogP contribution is 2.04. The highest BCUT2D eigenvalue weighted by molar-refractivity contribution is 4.71. The van der Waals surface area contributed by atoms with E-state index in [1.165, 1.54) is 6.42 Å². The Bertz CT molecular complexity index is 166. The van der Waals surface area contributed by atoms with Gasteiger partial charge in [0, 0.05) is 32.8 Å². The quantitative estimate of drug-likeness (QED) is 0.658. The molecule has 0 bridgehead atoms. The maximum absolute atomic E-state index is 5.77. The lowest BCUT2D eigenvalue weighted by atomic mass is 10.3. The van der Waals surface area contributed by atoms with Crippen molar-refractivity contribution in [3.63, 3.8) is 0 Å². The van der Waals surface area contributed by atoms with Crippen LogP contribution >= 0.6 is 0 Å². The van der Waals surface area contributed by atoms with Crippen LogP contribution in [0, 0.1) is 0 Å². The fourth-order valence-electron chi connectivity index (χ4n) is 2.13. The van der Waals surface area contributed by atoms with E-state index in [0.717, 1.165) is 59.0 Å². The molecule has 2 saturated heterocycles. The molecule has 4 heteroatoms. The molecular weight excluding hydrogens is 192 g/mol. The number of rotatable bonds is 5. The Morgan fingerprint density at radius 1 is 1.33 bits per heavy atom. The second kappa shape index (κ2) is 6.43. The van der Waals surface area contributed by atoms with Gasteiger partial charge in [0.25, 0.3) is 0 Å². The van der Waals surface area contributed by atoms with E-state index in [4.69, 9.17) is 9.47 Å². The molecule has 2 heterocycles. The van der Waals surface area contributed by atoms with Crippen molar-refractivity contribution in [2.24, 2.45) is 0 Å². The third-order valence-electron chi connectivity index (χ3n) is 3.09. The first-order chi connectivity index (χ1) is 7.45. The van der Waals surface area contributed by atoms with Crippen LogP contribution < -0.4 is 5.32 Å². The lowest BCUT2D eigenvalue weighted by molar-refractivity contribution is 0.0244. The van der Waals surface area contributed by atoms with Crippen molar-refractivity contribution >= 4 is 0 Å². The summed E-state index contributed by atoms with van der Waals surface area (Å²) in [7, 11) is 0. The van der Waals surface area contributed by atoms with Crippen LogP contribution in [-0.2, 0) is 9.47 Å². The van der Waals surface area contributed by atoms with E-state index < -0.39 is 0 Å². The first-order valence-corrected chi connectivity index (χ1v) is 6.07. The largest absolute Gasteiger partial charge is 0.379 e. The van der Waals surface area contributed by atoms with Crippen molar-refractivity contribution in [2.45, 2.75) is 18.9 Å². The van der Waals surface area contributed by atoms with Gasteiger partial charge < -0.3 is 14.8 Å². The Labute approximate surface area is 91.9 Å². The fourth-order valence-corrected chi connectivity index (χ4v) is 2.13. The minimum absolute atomic E-state index is 0.467. The first kappa shape index (κ1) is 11.3. The number of hydrogen-bond acceptors (Lipinski definition) is 4. The summed E-state index contributed by atoms with van der Waals surface area (Å²) < 4.78 is 11.1. The summed E-state index contributed by atoms with van der Waals surface area (Å²) in [6, 6.07) is 0. The second-order valence-electron chi connectivity index (χ2n) is 4.29. The predicted molar refractivity (Wildman–Crippen MR) is 59.1 cm³/mol. The van der Waals surface area contributed by atoms with Crippen LogP contribution in [0.25, 0.3) is 0 Å². The monoisotopic (exact) mass is 214 g/mol. The molecule has 0 amide bonds. The molecule has 88 valence electrons. The highest BCUT2D eigenvalue weighted by atomic mass is 16.5. The molecule has 1 N–H and O–H groups in total. The van der Waals surface area contributed by atoms with E-state index in [1.807, 2.05) is 0 Å². The first-order valence-electron chi connectivity index (χ1n) is 6.07. The van der Waals surface area contributed by atoms with Gasteiger partial charge in [-0.3, -0.25) is 4.90 Å². The van der Waals surface area contributed by atoms with Crippen LogP contribution in [0.1, 0.15) is 12.8 Å². The minimum Gasteiger partial charge on any atom is -0.379 e. The zero-order valence-corrected chi connectivity index (χ0v) is 9.41. The molecule has 0 aromatic heterocycles. The van der Waals surface area contributed by atoms with Gasteiger partial charge in [-0.05, 0) is 19.4 Å². The van der Waals surface area contributed by atoms with Crippen molar-refractivity contribution in [3.8, 4) is 0 Å². The highest BCUT2D eigenvalue weighted by Gasteiger charge is 2.14. The normalized spacial score (nSPS) is 28.4. The minimum atomic E-state index is 0.467. The molecule has 0 radical (unpaired) electrons. The molecule has 4 nitrogen and oxygen atoms in total. The third kappa shape index (κ3) is 4.07. The molecule has 2 aliphatic rings. The van der Waals surface area contributed by atoms with Gasteiger partial charge in [0.2, 0.25) is 0 Å². The number of ether oxygens (including phenoxy) is 2. The Morgan fingerprint density at radius 3 is 2.93 bits per heavy atom. The topological polar surface area (TPSA) is 33.7 Å². The molecule has 0 aromatic carbocycles. The van der Waals surface area contributed by atoms with E-state index in [9.17, 15) is 0 Å². The lowest BCUT2D eigenvalue weighted by Gasteiger charge is -2.26. The van der Waals surface area contributed by atoms with Crippen molar-refractivity contribution in [1.82, 2.24) is 10.2 Å². The summed E-state index contributed by atoms with van der Waals surface area (Å²) in [5, 5.41) is 3.31. The van der Waals surface area contributed by atoms with E-state index in [1.54, 1.807) is 0 Å². The lowest BCUT2D eigenvalue weighted by Crippen LogP contribution is -2.37. The molecule has 0 aliphatic carbocycles. The maximum Gasteiger partial charge on any atom is 0.0711 e. The van der Waals surface area contributed by atoms with E-state index in [0.29, 0.717) is 6.10 Å². The van der Waals surface area contributed by atoms with Gasteiger partial charge in [-0.1, -0.05) is 0 Å². The zero-order chi connectivity index (χ0) is 10.3. The molecule has 2 rings (SSSR count).